The highest BCUT2D eigenvalue weighted by molar-refractivity contribution is 14.0. The molecule has 3 rings (SSSR count). The summed E-state index contributed by atoms with van der Waals surface area (Å²) >= 11 is 1.81. The van der Waals surface area contributed by atoms with Gasteiger partial charge in [0.15, 0.2) is 17.5 Å². The van der Waals surface area contributed by atoms with E-state index in [0.29, 0.717) is 11.5 Å². The highest BCUT2D eigenvalue weighted by atomic mass is 127. The second kappa shape index (κ2) is 13.1. The maximum atomic E-state index is 10.6. The third-order valence-electron chi connectivity index (χ3n) is 5.17. The van der Waals surface area contributed by atoms with Gasteiger partial charge < -0.3 is 24.8 Å². The first kappa shape index (κ1) is 25.7. The number of thiophene rings is 1. The molecular formula is C22H33IN4O3S. The summed E-state index contributed by atoms with van der Waals surface area (Å²) in [7, 11) is 3.19. The van der Waals surface area contributed by atoms with Crippen molar-refractivity contribution in [3.63, 3.8) is 0 Å². The van der Waals surface area contributed by atoms with Crippen molar-refractivity contribution in [1.29, 1.82) is 0 Å². The van der Waals surface area contributed by atoms with Crippen LogP contribution in [0.25, 0.3) is 0 Å². The lowest BCUT2D eigenvalue weighted by Gasteiger charge is -2.36. The van der Waals surface area contributed by atoms with Crippen molar-refractivity contribution in [2.75, 3.05) is 53.5 Å². The molecule has 1 fully saturated rings. The third-order valence-corrected chi connectivity index (χ3v) is 6.03. The molecule has 1 unspecified atom stereocenters. The summed E-state index contributed by atoms with van der Waals surface area (Å²) < 4.78 is 10.6. The van der Waals surface area contributed by atoms with E-state index in [1.165, 1.54) is 4.88 Å². The number of nitrogens with one attached hydrogen (secondary N) is 1. The molecule has 0 bridgehead atoms. The molecule has 2 heterocycles. The number of guanidine groups is 1. The molecule has 172 valence electrons. The van der Waals surface area contributed by atoms with Gasteiger partial charge in [-0.05, 0) is 36.1 Å². The zero-order valence-corrected chi connectivity index (χ0v) is 21.6. The van der Waals surface area contributed by atoms with Gasteiger partial charge in [0, 0.05) is 44.1 Å². The molecule has 1 atom stereocenters. The molecule has 1 aliphatic rings. The molecule has 2 aromatic rings. The van der Waals surface area contributed by atoms with Crippen LogP contribution in [0.1, 0.15) is 23.5 Å². The molecule has 1 aliphatic heterocycles. The van der Waals surface area contributed by atoms with Crippen molar-refractivity contribution in [2.45, 2.75) is 19.6 Å². The van der Waals surface area contributed by atoms with Crippen molar-refractivity contribution in [3.05, 3.63) is 46.2 Å². The van der Waals surface area contributed by atoms with Crippen molar-refractivity contribution in [2.24, 2.45) is 4.99 Å². The fourth-order valence-corrected chi connectivity index (χ4v) is 4.25. The lowest BCUT2D eigenvalue weighted by atomic mass is 10.1. The molecule has 0 aliphatic carbocycles. The van der Waals surface area contributed by atoms with Gasteiger partial charge in [-0.1, -0.05) is 12.1 Å². The predicted octanol–water partition coefficient (Wildman–Crippen LogP) is 3.20. The Labute approximate surface area is 206 Å². The highest BCUT2D eigenvalue weighted by Crippen LogP contribution is 2.30. The van der Waals surface area contributed by atoms with Crippen LogP contribution in [0.4, 0.5) is 0 Å². The van der Waals surface area contributed by atoms with Crippen molar-refractivity contribution < 1.29 is 14.6 Å². The van der Waals surface area contributed by atoms with E-state index in [2.05, 4.69) is 39.6 Å². The quantitative estimate of drug-likeness (QED) is 0.294. The van der Waals surface area contributed by atoms with Crippen LogP contribution in [-0.2, 0) is 6.54 Å². The number of ether oxygens (including phenoxy) is 2. The Morgan fingerprint density at radius 3 is 2.52 bits per heavy atom. The summed E-state index contributed by atoms with van der Waals surface area (Å²) in [6.45, 7) is 7.99. The van der Waals surface area contributed by atoms with E-state index in [1.54, 1.807) is 26.4 Å². The van der Waals surface area contributed by atoms with Gasteiger partial charge in [0.2, 0.25) is 0 Å². The number of halogens is 1. The van der Waals surface area contributed by atoms with E-state index in [-0.39, 0.29) is 30.5 Å². The second-order valence-corrected chi connectivity index (χ2v) is 8.20. The number of rotatable bonds is 8. The third kappa shape index (κ3) is 7.23. The maximum Gasteiger partial charge on any atom is 0.194 e. The van der Waals surface area contributed by atoms with Crippen molar-refractivity contribution in [3.8, 4) is 11.5 Å². The number of aliphatic imine (C=N–C) groups is 1. The largest absolute Gasteiger partial charge is 0.493 e. The monoisotopic (exact) mass is 560 g/mol. The Morgan fingerprint density at radius 1 is 1.16 bits per heavy atom. The summed E-state index contributed by atoms with van der Waals surface area (Å²) in [5, 5.41) is 16.1. The van der Waals surface area contributed by atoms with Gasteiger partial charge >= 0.3 is 0 Å². The summed E-state index contributed by atoms with van der Waals surface area (Å²) in [6, 6.07) is 9.75. The zero-order chi connectivity index (χ0) is 21.3. The van der Waals surface area contributed by atoms with Crippen molar-refractivity contribution in [1.82, 2.24) is 15.1 Å². The normalized spacial score (nSPS) is 15.9. The van der Waals surface area contributed by atoms with E-state index >= 15 is 0 Å². The molecular weight excluding hydrogens is 527 g/mol. The van der Waals surface area contributed by atoms with E-state index in [0.717, 1.165) is 50.8 Å². The molecule has 0 radical (unpaired) electrons. The van der Waals surface area contributed by atoms with Gasteiger partial charge in [0.1, 0.15) is 0 Å². The fourth-order valence-electron chi connectivity index (χ4n) is 3.50. The topological polar surface area (TPSA) is 69.6 Å². The minimum absolute atomic E-state index is 0. The summed E-state index contributed by atoms with van der Waals surface area (Å²) in [5.74, 6) is 2.10. The predicted molar refractivity (Wildman–Crippen MR) is 137 cm³/mol. The number of benzene rings is 1. The first-order chi connectivity index (χ1) is 14.6. The minimum atomic E-state index is -0.710. The molecule has 31 heavy (non-hydrogen) atoms. The summed E-state index contributed by atoms with van der Waals surface area (Å²) in [6.07, 6.45) is -0.710. The number of nitrogens with zero attached hydrogens (tertiary/aromatic N) is 3. The Balaban J connectivity index is 0.00000341. The Bertz CT molecular complexity index is 811. The van der Waals surface area contributed by atoms with Crippen LogP contribution >= 0.6 is 35.3 Å². The molecule has 1 aromatic carbocycles. The van der Waals surface area contributed by atoms with E-state index in [1.807, 2.05) is 17.4 Å². The lowest BCUT2D eigenvalue weighted by Crippen LogP contribution is -2.52. The summed E-state index contributed by atoms with van der Waals surface area (Å²) in [4.78, 5) is 10.9. The van der Waals surface area contributed by atoms with Crippen molar-refractivity contribution >= 4 is 41.3 Å². The molecule has 0 amide bonds. The number of aliphatic hydroxyl groups is 1. The smallest absolute Gasteiger partial charge is 0.194 e. The second-order valence-electron chi connectivity index (χ2n) is 7.17. The van der Waals surface area contributed by atoms with E-state index in [9.17, 15) is 5.11 Å². The Morgan fingerprint density at radius 2 is 1.90 bits per heavy atom. The number of piperazine rings is 1. The molecule has 1 aromatic heterocycles. The summed E-state index contributed by atoms with van der Waals surface area (Å²) in [5.41, 5.74) is 0.757. The van der Waals surface area contributed by atoms with Crippen LogP contribution in [0.15, 0.2) is 40.7 Å². The van der Waals surface area contributed by atoms with Gasteiger partial charge in [0.05, 0.1) is 26.9 Å². The maximum absolute atomic E-state index is 10.6. The average Bonchev–Trinajstić information content (AvgIpc) is 3.29. The SMILES string of the molecule is CCNC(=NCC(O)c1ccc(OC)c(OC)c1)N1CCN(Cc2cccs2)CC1.I. The molecule has 0 spiro atoms. The zero-order valence-electron chi connectivity index (χ0n) is 18.4. The molecule has 9 heteroatoms. The van der Waals surface area contributed by atoms with Crippen LogP contribution in [0, 0.1) is 0 Å². The van der Waals surface area contributed by atoms with Crippen LogP contribution in [0.2, 0.25) is 0 Å². The van der Waals surface area contributed by atoms with Gasteiger partial charge in [-0.15, -0.1) is 35.3 Å². The lowest BCUT2D eigenvalue weighted by molar-refractivity contribution is 0.170. The van der Waals surface area contributed by atoms with Crippen LogP contribution in [0.3, 0.4) is 0 Å². The first-order valence-corrected chi connectivity index (χ1v) is 11.2. The van der Waals surface area contributed by atoms with Gasteiger partial charge in [0.25, 0.3) is 0 Å². The van der Waals surface area contributed by atoms with Crippen LogP contribution in [-0.4, -0.2) is 74.4 Å². The Kier molecular flexibility index (Phi) is 10.9. The molecule has 1 saturated heterocycles. The molecule has 7 nitrogen and oxygen atoms in total. The number of hydrogen-bond donors (Lipinski definition) is 2. The van der Waals surface area contributed by atoms with Gasteiger partial charge in [-0.3, -0.25) is 9.89 Å². The van der Waals surface area contributed by atoms with Gasteiger partial charge in [-0.2, -0.15) is 0 Å². The Hall–Kier alpha value is -1.56. The fraction of sp³-hybridized carbons (Fsp3) is 0.500. The number of hydrogen-bond acceptors (Lipinski definition) is 6. The first-order valence-electron chi connectivity index (χ1n) is 10.3. The van der Waals surface area contributed by atoms with Gasteiger partial charge in [-0.25, -0.2) is 0 Å². The van der Waals surface area contributed by atoms with Crippen LogP contribution in [0.5, 0.6) is 11.5 Å². The molecule has 0 saturated carbocycles. The standard InChI is InChI=1S/C22H32N4O3S.HI/c1-4-23-22(26-11-9-25(10-12-26)16-18-6-5-13-30-18)24-15-19(27)17-7-8-20(28-2)21(14-17)29-3;/h5-8,13-14,19,27H,4,9-12,15-16H2,1-3H3,(H,23,24);1H. The highest BCUT2D eigenvalue weighted by Gasteiger charge is 2.20. The van der Waals surface area contributed by atoms with E-state index in [4.69, 9.17) is 14.5 Å². The van der Waals surface area contributed by atoms with Crippen LogP contribution < -0.4 is 14.8 Å². The average molecular weight is 561 g/mol. The molecule has 2 N–H and O–H groups in total. The minimum Gasteiger partial charge on any atom is -0.493 e. The van der Waals surface area contributed by atoms with E-state index < -0.39 is 6.10 Å². The number of methoxy groups -OCH3 is 2. The number of aliphatic hydroxyl groups excluding tert-OH is 1.